The van der Waals surface area contributed by atoms with Gasteiger partial charge >= 0.3 is 17.8 Å². The quantitative estimate of drug-likeness (QED) is 0.159. The topological polar surface area (TPSA) is 9.23 Å². The van der Waals surface area contributed by atoms with Gasteiger partial charge < -0.3 is 4.74 Å². The molecule has 0 saturated heterocycles. The molecule has 11 heteroatoms. The van der Waals surface area contributed by atoms with Crippen LogP contribution in [0.15, 0.2) is 66.0 Å². The van der Waals surface area contributed by atoms with Gasteiger partial charge in [0.25, 0.3) is 0 Å². The molecule has 0 spiro atoms. The van der Waals surface area contributed by atoms with Crippen molar-refractivity contribution in [2.75, 3.05) is 7.11 Å². The second-order valence-electron chi connectivity index (χ2n) is 13.6. The third-order valence-electron chi connectivity index (χ3n) is 8.08. The lowest BCUT2D eigenvalue weighted by molar-refractivity contribution is -0.254. The molecule has 0 atom stereocenters. The Kier molecular flexibility index (Phi) is 8.22. The van der Waals surface area contributed by atoms with E-state index in [1.54, 1.807) is 24.3 Å². The summed E-state index contributed by atoms with van der Waals surface area (Å²) in [4.78, 5) is 4.81. The molecule has 248 valence electrons. The third kappa shape index (κ3) is 5.60. The molecule has 0 saturated carbocycles. The first-order valence-electron chi connectivity index (χ1n) is 14.7. The first-order valence-corrected chi connectivity index (χ1v) is 18.1. The SMILES string of the molecule is COc1ccc(-c2sc(-c3ccc(C(C)(C)C)s3)cc2C2=C(c3csc(-c4ccc(C(C)(C)C)s4)c3)C(F)(F)C(F)(F)C2(F)F)cc1. The molecule has 1 aliphatic carbocycles. The molecule has 0 unspecified atom stereocenters. The lowest BCUT2D eigenvalue weighted by Crippen LogP contribution is -2.48. The van der Waals surface area contributed by atoms with Gasteiger partial charge in [0, 0.05) is 50.8 Å². The number of hydrogen-bond donors (Lipinski definition) is 0. The molecular weight excluding hydrogens is 691 g/mol. The van der Waals surface area contributed by atoms with Crippen LogP contribution in [0.25, 0.3) is 41.1 Å². The van der Waals surface area contributed by atoms with E-state index in [1.165, 1.54) is 47.3 Å². The van der Waals surface area contributed by atoms with Crippen LogP contribution in [-0.2, 0) is 10.8 Å². The van der Waals surface area contributed by atoms with Crippen LogP contribution in [0.2, 0.25) is 0 Å². The minimum absolute atomic E-state index is 0.161. The molecule has 1 aliphatic rings. The van der Waals surface area contributed by atoms with Crippen molar-refractivity contribution in [1.82, 2.24) is 0 Å². The van der Waals surface area contributed by atoms with Gasteiger partial charge in [-0.15, -0.1) is 45.3 Å². The van der Waals surface area contributed by atoms with Gasteiger partial charge in [-0.25, -0.2) is 0 Å². The molecular formula is C36H32F6OS4. The van der Waals surface area contributed by atoms with Crippen molar-refractivity contribution in [3.05, 3.63) is 86.9 Å². The Labute approximate surface area is 286 Å². The van der Waals surface area contributed by atoms with Gasteiger partial charge in [-0.3, -0.25) is 0 Å². The maximum Gasteiger partial charge on any atom is 0.380 e. The van der Waals surface area contributed by atoms with E-state index in [4.69, 9.17) is 4.74 Å². The predicted molar refractivity (Wildman–Crippen MR) is 186 cm³/mol. The third-order valence-corrected chi connectivity index (χ3v) is 13.6. The molecule has 4 aromatic heterocycles. The van der Waals surface area contributed by atoms with Gasteiger partial charge in [-0.2, -0.15) is 26.3 Å². The zero-order valence-corrected chi connectivity index (χ0v) is 29.9. The van der Waals surface area contributed by atoms with E-state index in [0.29, 0.717) is 21.1 Å². The number of rotatable bonds is 6. The van der Waals surface area contributed by atoms with Gasteiger partial charge in [0.1, 0.15) is 5.75 Å². The largest absolute Gasteiger partial charge is 0.497 e. The summed E-state index contributed by atoms with van der Waals surface area (Å²) in [5, 5.41) is 1.28. The van der Waals surface area contributed by atoms with Crippen molar-refractivity contribution in [1.29, 1.82) is 0 Å². The van der Waals surface area contributed by atoms with Crippen molar-refractivity contribution in [3.8, 4) is 35.7 Å². The van der Waals surface area contributed by atoms with E-state index >= 15 is 26.3 Å². The molecule has 0 aliphatic heterocycles. The smallest absolute Gasteiger partial charge is 0.380 e. The Hall–Kier alpha value is -2.86. The van der Waals surface area contributed by atoms with Gasteiger partial charge in [0.15, 0.2) is 0 Å². The zero-order chi connectivity index (χ0) is 34.3. The van der Waals surface area contributed by atoms with Crippen LogP contribution < -0.4 is 4.74 Å². The van der Waals surface area contributed by atoms with E-state index in [1.807, 2.05) is 65.8 Å². The average Bonchev–Trinajstić information content (AvgIpc) is 3.80. The van der Waals surface area contributed by atoms with E-state index in [0.717, 1.165) is 42.2 Å². The highest BCUT2D eigenvalue weighted by molar-refractivity contribution is 7.24. The van der Waals surface area contributed by atoms with Crippen molar-refractivity contribution in [2.45, 2.75) is 70.1 Å². The summed E-state index contributed by atoms with van der Waals surface area (Å²) >= 11 is 5.09. The Morgan fingerprint density at radius 2 is 1.11 bits per heavy atom. The minimum atomic E-state index is -5.66. The fourth-order valence-electron chi connectivity index (χ4n) is 5.45. The van der Waals surface area contributed by atoms with E-state index < -0.39 is 28.9 Å². The van der Waals surface area contributed by atoms with Crippen molar-refractivity contribution in [2.24, 2.45) is 0 Å². The molecule has 5 aromatic rings. The minimum Gasteiger partial charge on any atom is -0.497 e. The number of hydrogen-bond acceptors (Lipinski definition) is 5. The molecule has 0 fully saturated rings. The Balaban J connectivity index is 1.60. The summed E-state index contributed by atoms with van der Waals surface area (Å²) < 4.78 is 99.9. The Morgan fingerprint density at radius 1 is 0.574 bits per heavy atom. The van der Waals surface area contributed by atoms with E-state index in [9.17, 15) is 0 Å². The summed E-state index contributed by atoms with van der Waals surface area (Å²) in [7, 11) is 1.48. The number of methoxy groups -OCH3 is 1. The second kappa shape index (κ2) is 11.4. The Morgan fingerprint density at radius 3 is 1.62 bits per heavy atom. The number of allylic oxidation sites excluding steroid dienone is 2. The van der Waals surface area contributed by atoms with Crippen LogP contribution in [0, 0.1) is 0 Å². The van der Waals surface area contributed by atoms with Crippen LogP contribution in [-0.4, -0.2) is 24.9 Å². The first-order chi connectivity index (χ1) is 21.8. The van der Waals surface area contributed by atoms with Gasteiger partial charge in [0.05, 0.1) is 7.11 Å². The number of halogens is 6. The number of thiophene rings is 4. The van der Waals surface area contributed by atoms with Crippen molar-refractivity contribution in [3.63, 3.8) is 0 Å². The molecule has 4 heterocycles. The van der Waals surface area contributed by atoms with Crippen LogP contribution >= 0.6 is 45.3 Å². The second-order valence-corrected chi connectivity index (χ2v) is 17.7. The predicted octanol–water partition coefficient (Wildman–Crippen LogP) is 13.4. The highest BCUT2D eigenvalue weighted by Crippen LogP contribution is 2.66. The highest BCUT2D eigenvalue weighted by Gasteiger charge is 2.80. The van der Waals surface area contributed by atoms with Crippen LogP contribution in [0.1, 0.15) is 62.4 Å². The van der Waals surface area contributed by atoms with Gasteiger partial charge in [-0.1, -0.05) is 41.5 Å². The normalized spacial score (nSPS) is 17.5. The number of ether oxygens (including phenoxy) is 1. The van der Waals surface area contributed by atoms with Crippen LogP contribution in [0.5, 0.6) is 5.75 Å². The zero-order valence-electron chi connectivity index (χ0n) is 26.7. The molecule has 0 N–H and O–H groups in total. The van der Waals surface area contributed by atoms with Gasteiger partial charge in [-0.05, 0) is 88.0 Å². The highest BCUT2D eigenvalue weighted by atomic mass is 32.1. The molecule has 0 amide bonds. The summed E-state index contributed by atoms with van der Waals surface area (Å²) in [6, 6.07) is 16.7. The van der Waals surface area contributed by atoms with Crippen LogP contribution in [0.3, 0.4) is 0 Å². The summed E-state index contributed by atoms with van der Waals surface area (Å²) in [6.07, 6.45) is 0. The van der Waals surface area contributed by atoms with Crippen molar-refractivity contribution < 1.29 is 31.1 Å². The molecule has 1 aromatic carbocycles. The summed E-state index contributed by atoms with van der Waals surface area (Å²) in [5.41, 5.74) is -3.30. The van der Waals surface area contributed by atoms with Crippen molar-refractivity contribution >= 4 is 56.5 Å². The van der Waals surface area contributed by atoms with Gasteiger partial charge in [0.2, 0.25) is 0 Å². The molecule has 47 heavy (non-hydrogen) atoms. The molecule has 1 nitrogen and oxygen atoms in total. The first kappa shape index (κ1) is 34.0. The standard InChI is InChI=1S/C36H32F6OS4/c1-32(2,3)27-14-12-23(45-27)25-16-20(18-44-25)29-30(35(39,40)36(41,42)34(29,37)38)22-17-26(24-13-15-28(46-24)33(4,5)6)47-31(22)19-8-10-21(43-7)11-9-19/h8-18H,1-7H3. The fourth-order valence-corrected chi connectivity index (χ4v) is 9.83. The maximum atomic E-state index is 16.1. The molecule has 0 radical (unpaired) electrons. The fraction of sp³-hybridized carbons (Fsp3) is 0.333. The van der Waals surface area contributed by atoms with E-state index in [-0.39, 0.29) is 26.8 Å². The monoisotopic (exact) mass is 722 g/mol. The molecule has 0 bridgehead atoms. The summed E-state index contributed by atoms with van der Waals surface area (Å²) in [6.45, 7) is 12.2. The lowest BCUT2D eigenvalue weighted by Gasteiger charge is -2.25. The number of alkyl halides is 6. The average molecular weight is 723 g/mol. The number of benzene rings is 1. The van der Waals surface area contributed by atoms with Crippen LogP contribution in [0.4, 0.5) is 26.3 Å². The van der Waals surface area contributed by atoms with E-state index in [2.05, 4.69) is 0 Å². The summed E-state index contributed by atoms with van der Waals surface area (Å²) in [5.74, 6) is -15.5. The Bertz CT molecular complexity index is 1970. The lowest BCUT2D eigenvalue weighted by atomic mass is 9.94. The maximum absolute atomic E-state index is 16.1. The molecule has 6 rings (SSSR count).